The van der Waals surface area contributed by atoms with Gasteiger partial charge in [0.25, 0.3) is 0 Å². The van der Waals surface area contributed by atoms with E-state index < -0.39 is 0 Å². The number of aromatic nitrogens is 4. The molecule has 1 fully saturated rings. The van der Waals surface area contributed by atoms with Crippen molar-refractivity contribution < 1.29 is 4.74 Å². The highest BCUT2D eigenvalue weighted by atomic mass is 32.2. The Kier molecular flexibility index (Phi) is 6.47. The average molecular weight is 521 g/mol. The van der Waals surface area contributed by atoms with Crippen LogP contribution in [-0.2, 0) is 23.3 Å². The summed E-state index contributed by atoms with van der Waals surface area (Å²) >= 11 is 3.71. The number of thiophene rings is 1. The molecule has 1 aromatic carbocycles. The van der Waals surface area contributed by atoms with Gasteiger partial charge in [0.15, 0.2) is 5.82 Å². The summed E-state index contributed by atoms with van der Waals surface area (Å²) in [4.78, 5) is 8.69. The number of fused-ring (bicyclic) bond motifs is 5. The van der Waals surface area contributed by atoms with Crippen LogP contribution in [0.15, 0.2) is 30.3 Å². The standard InChI is InChI=1S/C27H32N6OS2/c1-17(9-10-18-7-5-4-6-8-18)28-24-23-22(30-32-31-24)21-19-15-27(2,3)35-16-20(19)25(29-26(21)36-23)33-11-13-34-14-12-33/h4-8,17H,9-16H2,1-3H3,(H,28,30,31). The van der Waals surface area contributed by atoms with Crippen LogP contribution in [-0.4, -0.2) is 57.5 Å². The molecule has 0 spiro atoms. The lowest BCUT2D eigenvalue weighted by Gasteiger charge is -2.35. The maximum atomic E-state index is 5.63. The fraction of sp³-hybridized carbons (Fsp3) is 0.481. The van der Waals surface area contributed by atoms with Crippen molar-refractivity contribution in [3.63, 3.8) is 0 Å². The normalized spacial score (nSPS) is 18.4. The Morgan fingerprint density at radius 3 is 2.72 bits per heavy atom. The van der Waals surface area contributed by atoms with Crippen molar-refractivity contribution in [2.45, 2.75) is 56.6 Å². The van der Waals surface area contributed by atoms with Crippen LogP contribution in [0.5, 0.6) is 0 Å². The molecule has 5 heterocycles. The minimum Gasteiger partial charge on any atom is -0.378 e. The van der Waals surface area contributed by atoms with Crippen LogP contribution in [0.25, 0.3) is 20.4 Å². The van der Waals surface area contributed by atoms with Crippen molar-refractivity contribution in [2.24, 2.45) is 0 Å². The van der Waals surface area contributed by atoms with Crippen molar-refractivity contribution in [3.8, 4) is 0 Å². The number of thioether (sulfide) groups is 1. The Bertz CT molecular complexity index is 1380. The SMILES string of the molecule is CC(CCc1ccccc1)Nc1nnnc2c1sc1nc(N3CCOCC3)c3c(c12)CC(C)(C)SC3. The zero-order valence-corrected chi connectivity index (χ0v) is 22.7. The highest BCUT2D eigenvalue weighted by Crippen LogP contribution is 2.47. The van der Waals surface area contributed by atoms with E-state index in [2.05, 4.69) is 76.7 Å². The molecule has 0 saturated carbocycles. The zero-order valence-electron chi connectivity index (χ0n) is 21.1. The second kappa shape index (κ2) is 9.76. The van der Waals surface area contributed by atoms with Gasteiger partial charge in [-0.1, -0.05) is 44.2 Å². The lowest BCUT2D eigenvalue weighted by Crippen LogP contribution is -2.38. The van der Waals surface area contributed by atoms with Crippen LogP contribution in [0.1, 0.15) is 43.9 Å². The molecule has 188 valence electrons. The van der Waals surface area contributed by atoms with Crippen LogP contribution >= 0.6 is 23.1 Å². The summed E-state index contributed by atoms with van der Waals surface area (Å²) in [7, 11) is 0. The summed E-state index contributed by atoms with van der Waals surface area (Å²) < 4.78 is 6.85. The Balaban J connectivity index is 1.39. The van der Waals surface area contributed by atoms with Gasteiger partial charge in [-0.25, -0.2) is 4.98 Å². The van der Waals surface area contributed by atoms with Gasteiger partial charge < -0.3 is 15.0 Å². The first-order chi connectivity index (χ1) is 17.5. The third kappa shape index (κ3) is 4.64. The summed E-state index contributed by atoms with van der Waals surface area (Å²) in [5, 5.41) is 18.0. The van der Waals surface area contributed by atoms with Crippen LogP contribution < -0.4 is 10.2 Å². The van der Waals surface area contributed by atoms with E-state index in [9.17, 15) is 0 Å². The molecule has 7 nitrogen and oxygen atoms in total. The molecule has 0 bridgehead atoms. The van der Waals surface area contributed by atoms with E-state index in [1.165, 1.54) is 22.1 Å². The van der Waals surface area contributed by atoms with E-state index in [1.54, 1.807) is 11.3 Å². The quantitative estimate of drug-likeness (QED) is 0.359. The van der Waals surface area contributed by atoms with Gasteiger partial charge in [0.2, 0.25) is 0 Å². The molecule has 36 heavy (non-hydrogen) atoms. The zero-order chi connectivity index (χ0) is 24.7. The van der Waals surface area contributed by atoms with Gasteiger partial charge in [0, 0.05) is 40.6 Å². The van der Waals surface area contributed by atoms with Crippen LogP contribution in [0, 0.1) is 0 Å². The minimum atomic E-state index is 0.172. The molecule has 2 aliphatic rings. The van der Waals surface area contributed by atoms with Crippen molar-refractivity contribution in [1.82, 2.24) is 20.4 Å². The molecule has 0 amide bonds. The van der Waals surface area contributed by atoms with Crippen molar-refractivity contribution in [2.75, 3.05) is 36.5 Å². The van der Waals surface area contributed by atoms with Gasteiger partial charge in [0.05, 0.1) is 13.2 Å². The van der Waals surface area contributed by atoms with E-state index in [-0.39, 0.29) is 10.8 Å². The second-order valence-electron chi connectivity index (χ2n) is 10.4. The molecule has 0 radical (unpaired) electrons. The number of pyridine rings is 1. The largest absolute Gasteiger partial charge is 0.378 e. The third-order valence-corrected chi connectivity index (χ3v) is 9.56. The van der Waals surface area contributed by atoms with E-state index >= 15 is 0 Å². The molecule has 1 saturated heterocycles. The number of aryl methyl sites for hydroxylation is 1. The Labute approximate surface area is 220 Å². The summed E-state index contributed by atoms with van der Waals surface area (Å²) in [6, 6.07) is 10.9. The number of rotatable bonds is 6. The number of hydrogen-bond donors (Lipinski definition) is 1. The van der Waals surface area contributed by atoms with Gasteiger partial charge in [0.1, 0.15) is 20.9 Å². The molecular weight excluding hydrogens is 488 g/mol. The van der Waals surface area contributed by atoms with Crippen molar-refractivity contribution in [3.05, 3.63) is 47.0 Å². The smallest absolute Gasteiger partial charge is 0.170 e. The molecule has 6 rings (SSSR count). The average Bonchev–Trinajstić information content (AvgIpc) is 3.27. The number of nitrogens with one attached hydrogen (secondary N) is 1. The highest BCUT2D eigenvalue weighted by molar-refractivity contribution is 7.99. The molecule has 1 atom stereocenters. The summed E-state index contributed by atoms with van der Waals surface area (Å²) in [5.41, 5.74) is 5.03. The van der Waals surface area contributed by atoms with E-state index in [1.807, 2.05) is 11.8 Å². The highest BCUT2D eigenvalue weighted by Gasteiger charge is 2.33. The molecule has 2 aliphatic heterocycles. The molecular formula is C27H32N6OS2. The van der Waals surface area contributed by atoms with Gasteiger partial charge in [-0.2, -0.15) is 11.8 Å². The Hall–Kier alpha value is -2.49. The Morgan fingerprint density at radius 1 is 1.11 bits per heavy atom. The maximum Gasteiger partial charge on any atom is 0.170 e. The number of benzene rings is 1. The van der Waals surface area contributed by atoms with Gasteiger partial charge in [-0.05, 0) is 42.5 Å². The number of hydrogen-bond acceptors (Lipinski definition) is 9. The monoisotopic (exact) mass is 520 g/mol. The van der Waals surface area contributed by atoms with Crippen LogP contribution in [0.4, 0.5) is 11.6 Å². The fourth-order valence-electron chi connectivity index (χ4n) is 5.18. The van der Waals surface area contributed by atoms with E-state index in [0.29, 0.717) is 0 Å². The number of ether oxygens (including phenoxy) is 1. The molecule has 3 aromatic heterocycles. The topological polar surface area (TPSA) is 76.1 Å². The molecule has 4 aromatic rings. The van der Waals surface area contributed by atoms with E-state index in [4.69, 9.17) is 9.72 Å². The summed E-state index contributed by atoms with van der Waals surface area (Å²) in [5.74, 6) is 2.91. The summed E-state index contributed by atoms with van der Waals surface area (Å²) in [6.45, 7) is 10.2. The fourth-order valence-corrected chi connectivity index (χ4v) is 7.35. The van der Waals surface area contributed by atoms with Gasteiger partial charge in [-0.3, -0.25) is 0 Å². The molecule has 0 aliphatic carbocycles. The maximum absolute atomic E-state index is 5.63. The first-order valence-corrected chi connectivity index (χ1v) is 14.5. The lowest BCUT2D eigenvalue weighted by atomic mass is 9.94. The first kappa shape index (κ1) is 23.9. The molecule has 1 N–H and O–H groups in total. The molecule has 9 heteroatoms. The predicted octanol–water partition coefficient (Wildman–Crippen LogP) is 5.47. The minimum absolute atomic E-state index is 0.172. The number of anilines is 2. The third-order valence-electron chi connectivity index (χ3n) is 7.12. The summed E-state index contributed by atoms with van der Waals surface area (Å²) in [6.07, 6.45) is 3.03. The van der Waals surface area contributed by atoms with E-state index in [0.717, 1.165) is 78.0 Å². The first-order valence-electron chi connectivity index (χ1n) is 12.7. The molecule has 1 unspecified atom stereocenters. The second-order valence-corrected chi connectivity index (χ2v) is 13.1. The van der Waals surface area contributed by atoms with Gasteiger partial charge >= 0.3 is 0 Å². The number of nitrogens with zero attached hydrogens (tertiary/aromatic N) is 5. The van der Waals surface area contributed by atoms with Crippen LogP contribution in [0.3, 0.4) is 0 Å². The van der Waals surface area contributed by atoms with Crippen molar-refractivity contribution in [1.29, 1.82) is 0 Å². The van der Waals surface area contributed by atoms with Crippen LogP contribution in [0.2, 0.25) is 0 Å². The van der Waals surface area contributed by atoms with Gasteiger partial charge in [-0.15, -0.1) is 21.5 Å². The predicted molar refractivity (Wildman–Crippen MR) is 150 cm³/mol. The van der Waals surface area contributed by atoms with Crippen molar-refractivity contribution >= 4 is 55.2 Å². The Morgan fingerprint density at radius 2 is 1.92 bits per heavy atom. The number of morpholine rings is 1. The lowest BCUT2D eigenvalue weighted by molar-refractivity contribution is 0.122.